The minimum Gasteiger partial charge on any atom is -0.396 e. The number of rotatable bonds is 4. The molecule has 2 aromatic rings. The van der Waals surface area contributed by atoms with Crippen LogP contribution in [0.5, 0.6) is 0 Å². The SMILES string of the molecule is OCCC1CCN(Cc2ccc(Br)c3cccnc23)C1. The second-order valence-electron chi connectivity index (χ2n) is 5.51. The summed E-state index contributed by atoms with van der Waals surface area (Å²) in [5, 5.41) is 10.2. The predicted octanol–water partition coefficient (Wildman–Crippen LogP) is 3.20. The number of hydrogen-bond donors (Lipinski definition) is 1. The van der Waals surface area contributed by atoms with E-state index in [0.717, 1.165) is 36.0 Å². The lowest BCUT2D eigenvalue weighted by Gasteiger charge is -2.17. The van der Waals surface area contributed by atoms with Crippen molar-refractivity contribution in [2.75, 3.05) is 19.7 Å². The van der Waals surface area contributed by atoms with Gasteiger partial charge in [0.15, 0.2) is 0 Å². The van der Waals surface area contributed by atoms with E-state index in [9.17, 15) is 0 Å². The Balaban J connectivity index is 1.80. The highest BCUT2D eigenvalue weighted by Gasteiger charge is 2.22. The lowest BCUT2D eigenvalue weighted by atomic mass is 10.1. The number of nitrogens with zero attached hydrogens (tertiary/aromatic N) is 2. The Hall–Kier alpha value is -0.970. The monoisotopic (exact) mass is 334 g/mol. The quantitative estimate of drug-likeness (QED) is 0.932. The molecule has 1 aromatic carbocycles. The van der Waals surface area contributed by atoms with Gasteiger partial charge in [0.2, 0.25) is 0 Å². The molecule has 0 saturated carbocycles. The number of likely N-dealkylation sites (tertiary alicyclic amines) is 1. The van der Waals surface area contributed by atoms with Crippen LogP contribution in [0.2, 0.25) is 0 Å². The second kappa shape index (κ2) is 6.20. The molecule has 4 heteroatoms. The predicted molar refractivity (Wildman–Crippen MR) is 84.5 cm³/mol. The fraction of sp³-hybridized carbons (Fsp3) is 0.438. The van der Waals surface area contributed by atoms with Gasteiger partial charge in [0.25, 0.3) is 0 Å². The molecule has 1 unspecified atom stereocenters. The third-order valence-corrected chi connectivity index (χ3v) is 4.79. The normalized spacial score (nSPS) is 19.8. The first-order valence-corrected chi connectivity index (χ1v) is 7.92. The van der Waals surface area contributed by atoms with Crippen LogP contribution in [0.4, 0.5) is 0 Å². The van der Waals surface area contributed by atoms with Gasteiger partial charge in [-0.2, -0.15) is 0 Å². The maximum Gasteiger partial charge on any atom is 0.0758 e. The van der Waals surface area contributed by atoms with Crippen molar-refractivity contribution in [2.24, 2.45) is 5.92 Å². The van der Waals surface area contributed by atoms with Gasteiger partial charge >= 0.3 is 0 Å². The summed E-state index contributed by atoms with van der Waals surface area (Å²) in [4.78, 5) is 7.01. The van der Waals surface area contributed by atoms with Crippen molar-refractivity contribution in [1.29, 1.82) is 0 Å². The molecule has 0 aliphatic carbocycles. The van der Waals surface area contributed by atoms with Crippen LogP contribution >= 0.6 is 15.9 Å². The van der Waals surface area contributed by atoms with Gasteiger partial charge in [-0.25, -0.2) is 0 Å². The van der Waals surface area contributed by atoms with E-state index in [0.29, 0.717) is 12.5 Å². The molecule has 1 aliphatic heterocycles. The van der Waals surface area contributed by atoms with Crippen LogP contribution in [-0.2, 0) is 6.54 Å². The third kappa shape index (κ3) is 2.87. The Morgan fingerprint density at radius 3 is 3.10 bits per heavy atom. The van der Waals surface area contributed by atoms with Crippen molar-refractivity contribution in [3.63, 3.8) is 0 Å². The molecule has 1 saturated heterocycles. The maximum absolute atomic E-state index is 9.04. The average Bonchev–Trinajstić information content (AvgIpc) is 2.90. The zero-order chi connectivity index (χ0) is 13.9. The standard InChI is InChI=1S/C16H19BrN2O/c17-15-4-3-13(16-14(15)2-1-7-18-16)11-19-8-5-12(10-19)6-9-20/h1-4,7,12,20H,5-6,8-11H2. The lowest BCUT2D eigenvalue weighted by molar-refractivity contribution is 0.249. The molecule has 1 aromatic heterocycles. The number of aliphatic hydroxyl groups is 1. The van der Waals surface area contributed by atoms with Gasteiger partial charge in [-0.1, -0.05) is 28.1 Å². The number of halogens is 1. The maximum atomic E-state index is 9.04. The summed E-state index contributed by atoms with van der Waals surface area (Å²) in [6.45, 7) is 3.46. The molecular formula is C16H19BrN2O. The topological polar surface area (TPSA) is 36.4 Å². The Bertz CT molecular complexity index is 602. The zero-order valence-electron chi connectivity index (χ0n) is 11.4. The molecule has 1 atom stereocenters. The number of aromatic nitrogens is 1. The molecule has 3 nitrogen and oxygen atoms in total. The van der Waals surface area contributed by atoms with Gasteiger partial charge in [-0.3, -0.25) is 9.88 Å². The van der Waals surface area contributed by atoms with Crippen LogP contribution in [-0.4, -0.2) is 34.7 Å². The van der Waals surface area contributed by atoms with E-state index in [1.165, 1.54) is 17.4 Å². The van der Waals surface area contributed by atoms with Crippen LogP contribution in [0.3, 0.4) is 0 Å². The summed E-state index contributed by atoms with van der Waals surface area (Å²) in [6.07, 6.45) is 3.98. The molecule has 20 heavy (non-hydrogen) atoms. The first-order chi connectivity index (χ1) is 9.78. The molecule has 1 aliphatic rings. The summed E-state index contributed by atoms with van der Waals surface area (Å²) in [5.41, 5.74) is 2.38. The molecule has 0 radical (unpaired) electrons. The number of benzene rings is 1. The zero-order valence-corrected chi connectivity index (χ0v) is 13.0. The summed E-state index contributed by atoms with van der Waals surface area (Å²) < 4.78 is 1.10. The number of fused-ring (bicyclic) bond motifs is 1. The Labute approximate surface area is 127 Å². The van der Waals surface area contributed by atoms with E-state index in [2.05, 4.69) is 44.0 Å². The van der Waals surface area contributed by atoms with Gasteiger partial charge in [-0.15, -0.1) is 0 Å². The molecule has 1 fully saturated rings. The van der Waals surface area contributed by atoms with Gasteiger partial charge in [0.1, 0.15) is 0 Å². The second-order valence-corrected chi connectivity index (χ2v) is 6.36. The van der Waals surface area contributed by atoms with Crippen molar-refractivity contribution in [3.8, 4) is 0 Å². The lowest BCUT2D eigenvalue weighted by Crippen LogP contribution is -2.20. The van der Waals surface area contributed by atoms with E-state index in [-0.39, 0.29) is 0 Å². The van der Waals surface area contributed by atoms with Gasteiger partial charge in [-0.05, 0) is 43.0 Å². The first-order valence-electron chi connectivity index (χ1n) is 7.13. The molecular weight excluding hydrogens is 316 g/mol. The van der Waals surface area contributed by atoms with Crippen molar-refractivity contribution in [3.05, 3.63) is 40.5 Å². The van der Waals surface area contributed by atoms with Gasteiger partial charge in [0.05, 0.1) is 5.52 Å². The van der Waals surface area contributed by atoms with E-state index < -0.39 is 0 Å². The van der Waals surface area contributed by atoms with E-state index in [1.54, 1.807) is 0 Å². The molecule has 106 valence electrons. The van der Waals surface area contributed by atoms with Crippen LogP contribution in [0.25, 0.3) is 10.9 Å². The molecule has 2 heterocycles. The third-order valence-electron chi connectivity index (χ3n) is 4.10. The van der Waals surface area contributed by atoms with E-state index >= 15 is 0 Å². The Kier molecular flexibility index (Phi) is 4.34. The van der Waals surface area contributed by atoms with Crippen molar-refractivity contribution >= 4 is 26.8 Å². The smallest absolute Gasteiger partial charge is 0.0758 e. The fourth-order valence-corrected chi connectivity index (χ4v) is 3.49. The van der Waals surface area contributed by atoms with Crippen molar-refractivity contribution < 1.29 is 5.11 Å². The number of pyridine rings is 1. The van der Waals surface area contributed by atoms with Crippen molar-refractivity contribution in [1.82, 2.24) is 9.88 Å². The molecule has 0 bridgehead atoms. The largest absolute Gasteiger partial charge is 0.396 e. The molecule has 3 rings (SSSR count). The van der Waals surface area contributed by atoms with Crippen LogP contribution in [0.15, 0.2) is 34.9 Å². The summed E-state index contributed by atoms with van der Waals surface area (Å²) in [7, 11) is 0. The van der Waals surface area contributed by atoms with Crippen molar-refractivity contribution in [2.45, 2.75) is 19.4 Å². The van der Waals surface area contributed by atoms with E-state index in [1.807, 2.05) is 12.3 Å². The molecule has 1 N–H and O–H groups in total. The average molecular weight is 335 g/mol. The summed E-state index contributed by atoms with van der Waals surface area (Å²) in [6, 6.07) is 8.36. The minimum atomic E-state index is 0.307. The Morgan fingerprint density at radius 2 is 2.25 bits per heavy atom. The number of hydrogen-bond acceptors (Lipinski definition) is 3. The molecule has 0 spiro atoms. The van der Waals surface area contributed by atoms with Crippen LogP contribution < -0.4 is 0 Å². The van der Waals surface area contributed by atoms with E-state index in [4.69, 9.17) is 5.11 Å². The fourth-order valence-electron chi connectivity index (χ4n) is 3.04. The van der Waals surface area contributed by atoms with Crippen LogP contribution in [0.1, 0.15) is 18.4 Å². The molecule has 0 amide bonds. The van der Waals surface area contributed by atoms with Gasteiger partial charge in [0, 0.05) is 35.8 Å². The van der Waals surface area contributed by atoms with Crippen LogP contribution in [0, 0.1) is 5.92 Å². The highest BCUT2D eigenvalue weighted by atomic mass is 79.9. The number of aliphatic hydroxyl groups excluding tert-OH is 1. The first kappa shape index (κ1) is 14.0. The van der Waals surface area contributed by atoms with Gasteiger partial charge < -0.3 is 5.11 Å². The summed E-state index contributed by atoms with van der Waals surface area (Å²) >= 11 is 3.59. The summed E-state index contributed by atoms with van der Waals surface area (Å²) in [5.74, 6) is 0.648. The Morgan fingerprint density at radius 1 is 1.35 bits per heavy atom. The highest BCUT2D eigenvalue weighted by Crippen LogP contribution is 2.28. The minimum absolute atomic E-state index is 0.307. The highest BCUT2D eigenvalue weighted by molar-refractivity contribution is 9.10.